The number of rotatable bonds is 3. The number of nitrogens with zero attached hydrogens (tertiary/aromatic N) is 1. The lowest BCUT2D eigenvalue weighted by Gasteiger charge is -2.00. The Morgan fingerprint density at radius 1 is 1.00 bits per heavy atom. The molecule has 6 heteroatoms. The van der Waals surface area contributed by atoms with Crippen LogP contribution in [0.25, 0.3) is 0 Å². The second-order valence-corrected chi connectivity index (χ2v) is 3.84. The van der Waals surface area contributed by atoms with Crippen LogP contribution in [0.2, 0.25) is 0 Å². The zero-order valence-electron chi connectivity index (χ0n) is 11.0. The molecule has 0 radical (unpaired) electrons. The van der Waals surface area contributed by atoms with E-state index in [0.717, 1.165) is 25.1 Å². The van der Waals surface area contributed by atoms with Crippen molar-refractivity contribution in [3.63, 3.8) is 0 Å². The summed E-state index contributed by atoms with van der Waals surface area (Å²) in [4.78, 5) is 9.47. The van der Waals surface area contributed by atoms with Gasteiger partial charge in [0.1, 0.15) is 0 Å². The molecular formula is C14H18N2O4. The zero-order chi connectivity index (χ0) is 14.1. The van der Waals surface area contributed by atoms with E-state index in [9.17, 15) is 15.2 Å². The topological polar surface area (TPSA) is 125 Å². The van der Waals surface area contributed by atoms with Gasteiger partial charge in [0.25, 0.3) is 5.69 Å². The fourth-order valence-corrected chi connectivity index (χ4v) is 1.42. The van der Waals surface area contributed by atoms with Crippen molar-refractivity contribution in [1.29, 1.82) is 0 Å². The summed E-state index contributed by atoms with van der Waals surface area (Å²) in [6.07, 6.45) is 1.10. The molecule has 108 valence electrons. The number of nitro benzene ring substituents is 1. The van der Waals surface area contributed by atoms with Gasteiger partial charge in [-0.15, -0.1) is 5.75 Å². The molecule has 0 heterocycles. The van der Waals surface area contributed by atoms with Gasteiger partial charge in [0.15, 0.2) is 0 Å². The van der Waals surface area contributed by atoms with Crippen LogP contribution < -0.4 is 10.8 Å². The summed E-state index contributed by atoms with van der Waals surface area (Å²) in [5.74, 6) is -0.217. The van der Waals surface area contributed by atoms with E-state index in [-0.39, 0.29) is 16.9 Å². The van der Waals surface area contributed by atoms with Crippen LogP contribution in [-0.2, 0) is 6.42 Å². The van der Waals surface area contributed by atoms with Gasteiger partial charge in [-0.1, -0.05) is 42.5 Å². The first-order valence-corrected chi connectivity index (χ1v) is 5.88. The minimum atomic E-state index is -0.542. The monoisotopic (exact) mass is 278 g/mol. The van der Waals surface area contributed by atoms with E-state index in [1.807, 2.05) is 6.07 Å². The summed E-state index contributed by atoms with van der Waals surface area (Å²) >= 11 is 0. The van der Waals surface area contributed by atoms with Crippen LogP contribution in [0, 0.1) is 10.1 Å². The third-order valence-corrected chi connectivity index (χ3v) is 2.36. The average Bonchev–Trinajstić information content (AvgIpc) is 2.41. The molecule has 5 N–H and O–H groups in total. The quantitative estimate of drug-likeness (QED) is 0.641. The van der Waals surface area contributed by atoms with Crippen molar-refractivity contribution >= 4 is 5.69 Å². The number of hydrogen-bond acceptors (Lipinski definition) is 3. The van der Waals surface area contributed by atoms with Crippen molar-refractivity contribution in [2.45, 2.75) is 6.42 Å². The van der Waals surface area contributed by atoms with Gasteiger partial charge < -0.3 is 16.3 Å². The molecule has 2 aromatic carbocycles. The van der Waals surface area contributed by atoms with Gasteiger partial charge in [0.2, 0.25) is 0 Å². The Bertz CT molecular complexity index is 500. The van der Waals surface area contributed by atoms with Gasteiger partial charge in [-0.3, -0.25) is 10.1 Å². The Balaban J connectivity index is 0.000000345. The second kappa shape index (κ2) is 9.48. The van der Waals surface area contributed by atoms with Crippen molar-refractivity contribution in [2.24, 2.45) is 0 Å². The van der Waals surface area contributed by atoms with Crippen molar-refractivity contribution < 1.29 is 21.2 Å². The summed E-state index contributed by atoms with van der Waals surface area (Å²) in [7, 11) is 0. The maximum Gasteiger partial charge on any atom is 0.269 e. The Hall–Kier alpha value is -2.44. The molecule has 0 aliphatic heterocycles. The summed E-state index contributed by atoms with van der Waals surface area (Å²) in [6, 6.07) is 15.1. The summed E-state index contributed by atoms with van der Waals surface area (Å²) in [5, 5.41) is 20.4. The lowest BCUT2D eigenvalue weighted by atomic mass is 10.2. The van der Waals surface area contributed by atoms with Gasteiger partial charge >= 0.3 is 0 Å². The number of benzene rings is 2. The largest absolute Gasteiger partial charge is 0.872 e. The zero-order valence-corrected chi connectivity index (χ0v) is 11.0. The Morgan fingerprint density at radius 3 is 2.00 bits per heavy atom. The van der Waals surface area contributed by atoms with Gasteiger partial charge in [0.05, 0.1) is 11.5 Å². The molecule has 0 atom stereocenters. The van der Waals surface area contributed by atoms with Crippen LogP contribution >= 0.6 is 0 Å². The SMILES string of the molecule is O.O=[N+]([O-])c1ccc([O-])cc1.[NH3+]CCc1ccccc1. The maximum absolute atomic E-state index is 10.4. The molecular weight excluding hydrogens is 260 g/mol. The standard InChI is InChI=1S/C8H11N.C6H5NO3.H2O/c9-7-6-8-4-2-1-3-5-8;8-6-3-1-5(2-4-6)7(9)10;/h1-5H,6-7,9H2;1-4,8H;1H2. The van der Waals surface area contributed by atoms with E-state index in [2.05, 4.69) is 30.0 Å². The maximum atomic E-state index is 10.4. The third-order valence-electron chi connectivity index (χ3n) is 2.36. The molecule has 6 nitrogen and oxygen atoms in total. The predicted octanol–water partition coefficient (Wildman–Crippen LogP) is 0.315. The van der Waals surface area contributed by atoms with E-state index in [1.165, 1.54) is 17.7 Å². The van der Waals surface area contributed by atoms with Crippen LogP contribution in [0.3, 0.4) is 0 Å². The van der Waals surface area contributed by atoms with Gasteiger partial charge in [-0.25, -0.2) is 0 Å². The third kappa shape index (κ3) is 6.48. The number of nitro groups is 1. The molecule has 0 aliphatic carbocycles. The number of hydrogen-bond donors (Lipinski definition) is 1. The summed E-state index contributed by atoms with van der Waals surface area (Å²) in [5.41, 5.74) is 5.11. The molecule has 0 fully saturated rings. The fraction of sp³-hybridized carbons (Fsp3) is 0.143. The van der Waals surface area contributed by atoms with Crippen molar-refractivity contribution in [2.75, 3.05) is 6.54 Å². The summed E-state index contributed by atoms with van der Waals surface area (Å²) < 4.78 is 0. The van der Waals surface area contributed by atoms with E-state index in [4.69, 9.17) is 0 Å². The van der Waals surface area contributed by atoms with Crippen LogP contribution in [-0.4, -0.2) is 16.9 Å². The molecule has 0 amide bonds. The number of quaternary nitrogens is 1. The Morgan fingerprint density at radius 2 is 1.55 bits per heavy atom. The smallest absolute Gasteiger partial charge is 0.269 e. The Kier molecular flexibility index (Phi) is 8.33. The molecule has 0 aromatic heterocycles. The molecule has 0 unspecified atom stereocenters. The molecule has 0 bridgehead atoms. The van der Waals surface area contributed by atoms with E-state index >= 15 is 0 Å². The van der Waals surface area contributed by atoms with Gasteiger partial charge in [-0.2, -0.15) is 0 Å². The Labute approximate surface area is 116 Å². The number of non-ortho nitro benzene ring substituents is 1. The molecule has 2 aromatic rings. The van der Waals surface area contributed by atoms with Crippen molar-refractivity contribution in [3.8, 4) is 5.75 Å². The molecule has 0 spiro atoms. The average molecular weight is 278 g/mol. The van der Waals surface area contributed by atoms with Gasteiger partial charge in [-0.05, 0) is 5.56 Å². The van der Waals surface area contributed by atoms with E-state index in [1.54, 1.807) is 0 Å². The highest BCUT2D eigenvalue weighted by Crippen LogP contribution is 2.12. The fourth-order valence-electron chi connectivity index (χ4n) is 1.42. The minimum Gasteiger partial charge on any atom is -0.872 e. The van der Waals surface area contributed by atoms with Crippen LogP contribution in [0.5, 0.6) is 5.75 Å². The van der Waals surface area contributed by atoms with Crippen molar-refractivity contribution in [3.05, 3.63) is 70.3 Å². The highest BCUT2D eigenvalue weighted by atomic mass is 16.6. The molecule has 0 aliphatic rings. The first kappa shape index (κ1) is 17.6. The molecule has 20 heavy (non-hydrogen) atoms. The first-order valence-electron chi connectivity index (χ1n) is 5.88. The summed E-state index contributed by atoms with van der Waals surface area (Å²) in [6.45, 7) is 0.990. The molecule has 0 saturated carbocycles. The lowest BCUT2D eigenvalue weighted by molar-refractivity contribution is -0.385. The predicted molar refractivity (Wildman–Crippen MR) is 74.1 cm³/mol. The molecule has 0 saturated heterocycles. The normalized spacial score (nSPS) is 8.85. The van der Waals surface area contributed by atoms with Crippen molar-refractivity contribution in [1.82, 2.24) is 0 Å². The van der Waals surface area contributed by atoms with Crippen LogP contribution in [0.1, 0.15) is 5.56 Å². The second-order valence-electron chi connectivity index (χ2n) is 3.84. The first-order chi connectivity index (χ1) is 9.13. The van der Waals surface area contributed by atoms with Crippen LogP contribution in [0.15, 0.2) is 54.6 Å². The lowest BCUT2D eigenvalue weighted by Crippen LogP contribution is -2.51. The highest BCUT2D eigenvalue weighted by molar-refractivity contribution is 5.34. The molecule has 2 rings (SSSR count). The van der Waals surface area contributed by atoms with Gasteiger partial charge in [0, 0.05) is 18.6 Å². The van der Waals surface area contributed by atoms with E-state index < -0.39 is 4.92 Å². The minimum absolute atomic E-state index is 0. The highest BCUT2D eigenvalue weighted by Gasteiger charge is 1.99. The van der Waals surface area contributed by atoms with Crippen LogP contribution in [0.4, 0.5) is 5.69 Å². The van der Waals surface area contributed by atoms with E-state index in [0.29, 0.717) is 0 Å².